The summed E-state index contributed by atoms with van der Waals surface area (Å²) in [5.74, 6) is 0.0655. The largest absolute Gasteiger partial charge is 0.496 e. The molecule has 0 saturated carbocycles. The summed E-state index contributed by atoms with van der Waals surface area (Å²) in [4.78, 5) is 0. The van der Waals surface area contributed by atoms with Crippen LogP contribution in [0.1, 0.15) is 0 Å². The molecule has 0 aliphatic heterocycles. The molecule has 0 saturated heterocycles. The number of benzene rings is 1. The maximum atomic E-state index is 12.7. The van der Waals surface area contributed by atoms with E-state index in [9.17, 15) is 4.39 Å². The average Bonchev–Trinajstić information content (AvgIpc) is 1.97. The van der Waals surface area contributed by atoms with E-state index in [1.54, 1.807) is 0 Å². The summed E-state index contributed by atoms with van der Waals surface area (Å²) in [5.41, 5.74) is 0. The third-order valence-corrected chi connectivity index (χ3v) is 2.10. The van der Waals surface area contributed by atoms with Crippen molar-refractivity contribution in [3.05, 3.63) is 27.4 Å². The van der Waals surface area contributed by atoms with Crippen LogP contribution in [0.15, 0.2) is 16.6 Å². The van der Waals surface area contributed by atoms with Crippen molar-refractivity contribution in [2.24, 2.45) is 0 Å². The lowest BCUT2D eigenvalue weighted by atomic mass is 10.3. The highest BCUT2D eigenvalue weighted by molar-refractivity contribution is 9.10. The van der Waals surface area contributed by atoms with Gasteiger partial charge in [0, 0.05) is 6.07 Å². The number of hydrogen-bond acceptors (Lipinski definition) is 1. The summed E-state index contributed by atoms with van der Waals surface area (Å²) in [6.07, 6.45) is 0. The highest BCUT2D eigenvalue weighted by Crippen LogP contribution is 2.29. The fraction of sp³-hybridized carbons (Fsp3) is 0.143. The van der Waals surface area contributed by atoms with Gasteiger partial charge in [0.1, 0.15) is 11.6 Å². The molecule has 1 rings (SSSR count). The fourth-order valence-electron chi connectivity index (χ4n) is 0.661. The number of methoxy groups -OCH3 is 1. The number of halogens is 3. The number of hydrogen-bond donors (Lipinski definition) is 0. The van der Waals surface area contributed by atoms with Crippen LogP contribution < -0.4 is 4.74 Å². The molecular weight excluding hydrogens is 234 g/mol. The van der Waals surface area contributed by atoms with E-state index in [1.807, 2.05) is 0 Å². The smallest absolute Gasteiger partial charge is 0.143 e. The highest BCUT2D eigenvalue weighted by Gasteiger charge is 2.05. The zero-order valence-corrected chi connectivity index (χ0v) is 8.04. The molecule has 0 bridgehead atoms. The molecule has 0 fully saturated rings. The van der Waals surface area contributed by atoms with Crippen LogP contribution in [0.4, 0.5) is 4.39 Å². The zero-order chi connectivity index (χ0) is 8.43. The van der Waals surface area contributed by atoms with E-state index in [0.717, 1.165) is 0 Å². The number of ether oxygens (including phenoxy) is 1. The van der Waals surface area contributed by atoms with Gasteiger partial charge in [-0.15, -0.1) is 0 Å². The van der Waals surface area contributed by atoms with Gasteiger partial charge < -0.3 is 4.74 Å². The Morgan fingerprint density at radius 2 is 2.18 bits per heavy atom. The lowest BCUT2D eigenvalue weighted by Crippen LogP contribution is -1.86. The monoisotopic (exact) mass is 238 g/mol. The molecule has 0 aliphatic rings. The summed E-state index contributed by atoms with van der Waals surface area (Å²) in [6, 6.07) is 2.68. The Balaban J connectivity index is 3.21. The summed E-state index contributed by atoms with van der Waals surface area (Å²) < 4.78 is 18.1. The second-order valence-electron chi connectivity index (χ2n) is 1.90. The fourth-order valence-corrected chi connectivity index (χ4v) is 1.29. The van der Waals surface area contributed by atoms with Crippen molar-refractivity contribution in [3.63, 3.8) is 0 Å². The molecule has 1 nitrogen and oxygen atoms in total. The predicted octanol–water partition coefficient (Wildman–Crippen LogP) is 3.25. The molecule has 0 spiro atoms. The minimum atomic E-state index is -0.459. The summed E-state index contributed by atoms with van der Waals surface area (Å²) in [7, 11) is 1.49. The summed E-state index contributed by atoms with van der Waals surface area (Å²) >= 11 is 8.61. The second-order valence-corrected chi connectivity index (χ2v) is 3.16. The summed E-state index contributed by atoms with van der Waals surface area (Å²) in [5, 5.41) is 0.0602. The van der Waals surface area contributed by atoms with Gasteiger partial charge in [-0.2, -0.15) is 0 Å². The second kappa shape index (κ2) is 3.41. The van der Waals surface area contributed by atoms with E-state index in [4.69, 9.17) is 16.3 Å². The highest BCUT2D eigenvalue weighted by atomic mass is 79.9. The van der Waals surface area contributed by atoms with Crippen LogP contribution in [-0.2, 0) is 0 Å². The van der Waals surface area contributed by atoms with Crippen molar-refractivity contribution in [2.45, 2.75) is 0 Å². The van der Waals surface area contributed by atoms with Crippen LogP contribution in [0.25, 0.3) is 0 Å². The van der Waals surface area contributed by atoms with Crippen molar-refractivity contribution in [1.82, 2.24) is 0 Å². The SMILES string of the molecule is COc1cc(Cl)c(F)cc1Br. The van der Waals surface area contributed by atoms with Crippen molar-refractivity contribution < 1.29 is 9.13 Å². The molecule has 4 heteroatoms. The van der Waals surface area contributed by atoms with Gasteiger partial charge in [-0.3, -0.25) is 0 Å². The molecular formula is C7H5BrClFO. The standard InChI is InChI=1S/C7H5BrClFO/c1-11-7-3-5(9)6(10)2-4(7)8/h2-3H,1H3. The van der Waals surface area contributed by atoms with Gasteiger partial charge in [-0.05, 0) is 22.0 Å². The van der Waals surface area contributed by atoms with Gasteiger partial charge in [-0.25, -0.2) is 4.39 Å². The van der Waals surface area contributed by atoms with Gasteiger partial charge in [-0.1, -0.05) is 11.6 Å². The van der Waals surface area contributed by atoms with E-state index in [2.05, 4.69) is 15.9 Å². The molecule has 60 valence electrons. The first kappa shape index (κ1) is 8.81. The van der Waals surface area contributed by atoms with Crippen LogP contribution in [0.3, 0.4) is 0 Å². The third-order valence-electron chi connectivity index (χ3n) is 1.19. The molecule has 0 heterocycles. The predicted molar refractivity (Wildman–Crippen MR) is 45.7 cm³/mol. The summed E-state index contributed by atoms with van der Waals surface area (Å²) in [6.45, 7) is 0. The van der Waals surface area contributed by atoms with E-state index in [0.29, 0.717) is 10.2 Å². The minimum absolute atomic E-state index is 0.0602. The Labute approximate surface area is 77.2 Å². The number of rotatable bonds is 1. The van der Waals surface area contributed by atoms with E-state index >= 15 is 0 Å². The third kappa shape index (κ3) is 1.84. The van der Waals surface area contributed by atoms with Crippen molar-refractivity contribution in [3.8, 4) is 5.75 Å². The molecule has 0 aliphatic carbocycles. The van der Waals surface area contributed by atoms with Gasteiger partial charge in [0.2, 0.25) is 0 Å². The van der Waals surface area contributed by atoms with E-state index in [1.165, 1.54) is 19.2 Å². The molecule has 11 heavy (non-hydrogen) atoms. The van der Waals surface area contributed by atoms with Crippen LogP contribution in [-0.4, -0.2) is 7.11 Å². The first-order valence-corrected chi connectivity index (χ1v) is 4.00. The Morgan fingerprint density at radius 1 is 1.55 bits per heavy atom. The van der Waals surface area contributed by atoms with Crippen molar-refractivity contribution >= 4 is 27.5 Å². The van der Waals surface area contributed by atoms with Crippen LogP contribution in [0.5, 0.6) is 5.75 Å². The average molecular weight is 239 g/mol. The minimum Gasteiger partial charge on any atom is -0.496 e. The molecule has 1 aromatic carbocycles. The molecule has 0 N–H and O–H groups in total. The lowest BCUT2D eigenvalue weighted by Gasteiger charge is -2.03. The van der Waals surface area contributed by atoms with Crippen molar-refractivity contribution in [1.29, 1.82) is 0 Å². The Morgan fingerprint density at radius 3 is 2.73 bits per heavy atom. The first-order valence-electron chi connectivity index (χ1n) is 2.83. The Hall–Kier alpha value is -0.280. The van der Waals surface area contributed by atoms with Gasteiger partial charge >= 0.3 is 0 Å². The first-order chi connectivity index (χ1) is 5.15. The molecule has 0 unspecified atom stereocenters. The van der Waals surface area contributed by atoms with Crippen LogP contribution in [0.2, 0.25) is 5.02 Å². The van der Waals surface area contributed by atoms with E-state index < -0.39 is 5.82 Å². The molecule has 0 aromatic heterocycles. The van der Waals surface area contributed by atoms with E-state index in [-0.39, 0.29) is 5.02 Å². The normalized spacial score (nSPS) is 9.82. The lowest BCUT2D eigenvalue weighted by molar-refractivity contribution is 0.411. The topological polar surface area (TPSA) is 9.23 Å². The Kier molecular flexibility index (Phi) is 2.73. The van der Waals surface area contributed by atoms with Crippen molar-refractivity contribution in [2.75, 3.05) is 7.11 Å². The molecule has 1 aromatic rings. The maximum Gasteiger partial charge on any atom is 0.143 e. The van der Waals surface area contributed by atoms with Gasteiger partial charge in [0.05, 0.1) is 16.6 Å². The molecule has 0 atom stereocenters. The van der Waals surface area contributed by atoms with Crippen LogP contribution in [0, 0.1) is 5.82 Å². The van der Waals surface area contributed by atoms with Gasteiger partial charge in [0.25, 0.3) is 0 Å². The quantitative estimate of drug-likeness (QED) is 0.684. The van der Waals surface area contributed by atoms with Crippen LogP contribution >= 0.6 is 27.5 Å². The zero-order valence-electron chi connectivity index (χ0n) is 5.70. The molecule has 0 amide bonds. The molecule has 0 radical (unpaired) electrons. The maximum absolute atomic E-state index is 12.7. The Bertz CT molecular complexity index is 277. The van der Waals surface area contributed by atoms with Gasteiger partial charge in [0.15, 0.2) is 0 Å².